The number of nitrogens with two attached hydrogens (primary N) is 1. The lowest BCUT2D eigenvalue weighted by Crippen LogP contribution is -2.13. The first-order valence-corrected chi connectivity index (χ1v) is 6.21. The Balaban J connectivity index is 2.90. The Kier molecular flexibility index (Phi) is 5.65. The minimum atomic E-state index is 0.0704. The van der Waals surface area contributed by atoms with Crippen LogP contribution in [-0.2, 0) is 5.75 Å². The monoisotopic (exact) mass is 256 g/mol. The number of methoxy groups -OCH3 is 1. The number of thioether (sulfide) groups is 1. The van der Waals surface area contributed by atoms with E-state index in [1.165, 1.54) is 0 Å². The molecular weight excluding hydrogens is 240 g/mol. The summed E-state index contributed by atoms with van der Waals surface area (Å²) in [4.78, 5) is 0. The molecule has 5 nitrogen and oxygen atoms in total. The molecule has 0 saturated carbocycles. The van der Waals surface area contributed by atoms with E-state index in [4.69, 9.17) is 20.8 Å². The number of aliphatic hydroxyl groups excluding tert-OH is 1. The van der Waals surface area contributed by atoms with Crippen molar-refractivity contribution in [1.82, 2.24) is 0 Å². The number of ether oxygens (including phenoxy) is 1. The first-order valence-electron chi connectivity index (χ1n) is 5.06. The Morgan fingerprint density at radius 1 is 1.53 bits per heavy atom. The molecule has 0 amide bonds. The maximum absolute atomic E-state index is 8.73. The molecular formula is C11H16N2O3S. The molecule has 94 valence electrons. The molecule has 1 aromatic rings. The average Bonchev–Trinajstić information content (AvgIpc) is 2.38. The van der Waals surface area contributed by atoms with Crippen molar-refractivity contribution in [1.29, 1.82) is 0 Å². The SMILES string of the molecule is COc1ccc(/C(N)=N/O)cc1CSCCO. The van der Waals surface area contributed by atoms with Crippen LogP contribution in [0.2, 0.25) is 0 Å². The molecule has 0 aliphatic carbocycles. The van der Waals surface area contributed by atoms with Crippen LogP contribution in [-0.4, -0.2) is 35.6 Å². The molecule has 6 heteroatoms. The molecule has 0 unspecified atom stereocenters. The summed E-state index contributed by atoms with van der Waals surface area (Å²) >= 11 is 1.59. The van der Waals surface area contributed by atoms with Crippen molar-refractivity contribution in [2.24, 2.45) is 10.9 Å². The molecule has 0 aliphatic rings. The molecule has 1 aromatic carbocycles. The van der Waals surface area contributed by atoms with Crippen molar-refractivity contribution in [3.63, 3.8) is 0 Å². The van der Waals surface area contributed by atoms with Gasteiger partial charge in [-0.25, -0.2) is 0 Å². The third kappa shape index (κ3) is 3.83. The fourth-order valence-electron chi connectivity index (χ4n) is 1.36. The third-order valence-electron chi connectivity index (χ3n) is 2.18. The summed E-state index contributed by atoms with van der Waals surface area (Å²) in [6, 6.07) is 5.33. The summed E-state index contributed by atoms with van der Waals surface area (Å²) in [5.41, 5.74) is 7.12. The molecule has 4 N–H and O–H groups in total. The van der Waals surface area contributed by atoms with Gasteiger partial charge in [-0.2, -0.15) is 11.8 Å². The van der Waals surface area contributed by atoms with Crippen molar-refractivity contribution in [3.8, 4) is 5.75 Å². The first-order chi connectivity index (χ1) is 8.22. The highest BCUT2D eigenvalue weighted by Gasteiger charge is 2.07. The van der Waals surface area contributed by atoms with E-state index in [0.29, 0.717) is 17.1 Å². The lowest BCUT2D eigenvalue weighted by atomic mass is 10.1. The second-order valence-electron chi connectivity index (χ2n) is 3.29. The lowest BCUT2D eigenvalue weighted by molar-refractivity contribution is 0.318. The van der Waals surface area contributed by atoms with Gasteiger partial charge in [-0.1, -0.05) is 5.16 Å². The van der Waals surface area contributed by atoms with Crippen molar-refractivity contribution >= 4 is 17.6 Å². The van der Waals surface area contributed by atoms with Gasteiger partial charge in [0.1, 0.15) is 5.75 Å². The fourth-order valence-corrected chi connectivity index (χ4v) is 2.07. The van der Waals surface area contributed by atoms with E-state index in [1.807, 2.05) is 6.07 Å². The predicted molar refractivity (Wildman–Crippen MR) is 68.8 cm³/mol. The molecule has 0 heterocycles. The van der Waals surface area contributed by atoms with Gasteiger partial charge in [0.05, 0.1) is 13.7 Å². The molecule has 0 fully saturated rings. The molecule has 0 saturated heterocycles. The van der Waals surface area contributed by atoms with Gasteiger partial charge in [0.2, 0.25) is 0 Å². The van der Waals surface area contributed by atoms with Gasteiger partial charge in [0.15, 0.2) is 5.84 Å². The largest absolute Gasteiger partial charge is 0.496 e. The Morgan fingerprint density at radius 2 is 2.29 bits per heavy atom. The van der Waals surface area contributed by atoms with Gasteiger partial charge in [-0.05, 0) is 18.2 Å². The predicted octanol–water partition coefficient (Wildman–Crippen LogP) is 1.02. The van der Waals surface area contributed by atoms with Crippen LogP contribution in [0.4, 0.5) is 0 Å². The topological polar surface area (TPSA) is 88.1 Å². The van der Waals surface area contributed by atoms with Gasteiger partial charge < -0.3 is 20.8 Å². The van der Waals surface area contributed by atoms with Gasteiger partial charge in [0, 0.05) is 22.6 Å². The fraction of sp³-hybridized carbons (Fsp3) is 0.364. The van der Waals surface area contributed by atoms with Crippen LogP contribution in [0.25, 0.3) is 0 Å². The van der Waals surface area contributed by atoms with Crippen molar-refractivity contribution in [3.05, 3.63) is 29.3 Å². The van der Waals surface area contributed by atoms with E-state index < -0.39 is 0 Å². The number of aliphatic hydroxyl groups is 1. The highest BCUT2D eigenvalue weighted by atomic mass is 32.2. The zero-order valence-corrected chi connectivity index (χ0v) is 10.4. The second kappa shape index (κ2) is 7.03. The second-order valence-corrected chi connectivity index (χ2v) is 4.39. The van der Waals surface area contributed by atoms with E-state index >= 15 is 0 Å². The molecule has 0 aromatic heterocycles. The van der Waals surface area contributed by atoms with Gasteiger partial charge in [-0.15, -0.1) is 0 Å². The number of nitrogens with zero attached hydrogens (tertiary/aromatic N) is 1. The van der Waals surface area contributed by atoms with Crippen molar-refractivity contribution in [2.45, 2.75) is 5.75 Å². The zero-order chi connectivity index (χ0) is 12.7. The summed E-state index contributed by atoms with van der Waals surface area (Å²) in [6.45, 7) is 0.146. The van der Waals surface area contributed by atoms with Crippen LogP contribution >= 0.6 is 11.8 Å². The number of hydrogen-bond acceptors (Lipinski definition) is 5. The molecule has 0 atom stereocenters. The zero-order valence-electron chi connectivity index (χ0n) is 9.59. The smallest absolute Gasteiger partial charge is 0.170 e. The number of benzene rings is 1. The summed E-state index contributed by atoms with van der Waals surface area (Å²) < 4.78 is 5.23. The first kappa shape index (κ1) is 13.7. The summed E-state index contributed by atoms with van der Waals surface area (Å²) in [5.74, 6) is 2.19. The molecule has 0 aliphatic heterocycles. The van der Waals surface area contributed by atoms with Crippen LogP contribution in [0.15, 0.2) is 23.4 Å². The minimum absolute atomic E-state index is 0.0704. The van der Waals surface area contributed by atoms with E-state index in [2.05, 4.69) is 5.16 Å². The van der Waals surface area contributed by atoms with Crippen LogP contribution < -0.4 is 10.5 Å². The number of oxime groups is 1. The molecule has 1 rings (SSSR count). The number of amidine groups is 1. The Labute approximate surface area is 104 Å². The van der Waals surface area contributed by atoms with Crippen LogP contribution in [0.5, 0.6) is 5.75 Å². The maximum Gasteiger partial charge on any atom is 0.170 e. The van der Waals surface area contributed by atoms with Gasteiger partial charge >= 0.3 is 0 Å². The van der Waals surface area contributed by atoms with Crippen LogP contribution in [0.3, 0.4) is 0 Å². The van der Waals surface area contributed by atoms with Crippen LogP contribution in [0.1, 0.15) is 11.1 Å². The average molecular weight is 256 g/mol. The Bertz CT molecular complexity index is 396. The standard InChI is InChI=1S/C11H16N2O3S/c1-16-10-3-2-8(11(12)13-15)6-9(10)7-17-5-4-14/h2-3,6,14-15H,4-5,7H2,1H3,(H2,12,13). The quantitative estimate of drug-likeness (QED) is 0.232. The molecule has 0 spiro atoms. The van der Waals surface area contributed by atoms with E-state index in [1.54, 1.807) is 31.0 Å². The molecule has 17 heavy (non-hydrogen) atoms. The number of rotatable bonds is 6. The normalized spacial score (nSPS) is 11.5. The van der Waals surface area contributed by atoms with Crippen molar-refractivity contribution in [2.75, 3.05) is 19.5 Å². The third-order valence-corrected chi connectivity index (χ3v) is 3.16. The van der Waals surface area contributed by atoms with E-state index in [9.17, 15) is 0 Å². The highest BCUT2D eigenvalue weighted by Crippen LogP contribution is 2.24. The summed E-state index contributed by atoms with van der Waals surface area (Å²) in [7, 11) is 1.60. The Hall–Kier alpha value is -1.40. The minimum Gasteiger partial charge on any atom is -0.496 e. The summed E-state index contributed by atoms with van der Waals surface area (Å²) in [6.07, 6.45) is 0. The van der Waals surface area contributed by atoms with Gasteiger partial charge in [-0.3, -0.25) is 0 Å². The van der Waals surface area contributed by atoms with Gasteiger partial charge in [0.25, 0.3) is 0 Å². The molecule has 0 radical (unpaired) electrons. The highest BCUT2D eigenvalue weighted by molar-refractivity contribution is 7.98. The number of hydrogen-bond donors (Lipinski definition) is 3. The van der Waals surface area contributed by atoms with E-state index in [-0.39, 0.29) is 12.4 Å². The summed E-state index contributed by atoms with van der Waals surface area (Å²) in [5, 5.41) is 20.3. The van der Waals surface area contributed by atoms with Crippen molar-refractivity contribution < 1.29 is 15.1 Å². The maximum atomic E-state index is 8.73. The lowest BCUT2D eigenvalue weighted by Gasteiger charge is -2.09. The molecule has 0 bridgehead atoms. The Morgan fingerprint density at radius 3 is 2.88 bits per heavy atom. The van der Waals surface area contributed by atoms with E-state index in [0.717, 1.165) is 11.3 Å². The van der Waals surface area contributed by atoms with Crippen LogP contribution in [0, 0.1) is 0 Å².